The van der Waals surface area contributed by atoms with Crippen LogP contribution < -0.4 is 14.8 Å². The van der Waals surface area contributed by atoms with Crippen molar-refractivity contribution in [2.75, 3.05) is 25.1 Å². The average molecular weight is 271 g/mol. The summed E-state index contributed by atoms with van der Waals surface area (Å²) in [6, 6.07) is 5.90. The zero-order valence-corrected chi connectivity index (χ0v) is 11.6. The third-order valence-corrected chi connectivity index (χ3v) is 3.24. The lowest BCUT2D eigenvalue weighted by molar-refractivity contribution is 0.171. The lowest BCUT2D eigenvalue weighted by Crippen LogP contribution is -2.15. The molecule has 0 saturated heterocycles. The molecule has 20 heavy (non-hydrogen) atoms. The van der Waals surface area contributed by atoms with Gasteiger partial charge in [0, 0.05) is 17.7 Å². The van der Waals surface area contributed by atoms with Crippen molar-refractivity contribution in [1.82, 2.24) is 9.97 Å². The Balaban J connectivity index is 2.02. The minimum atomic E-state index is 0.585. The Kier molecular flexibility index (Phi) is 3.41. The van der Waals surface area contributed by atoms with E-state index in [-0.39, 0.29) is 0 Å². The van der Waals surface area contributed by atoms with E-state index in [2.05, 4.69) is 15.3 Å². The number of nitrogens with one attached hydrogen (secondary N) is 1. The van der Waals surface area contributed by atoms with Crippen LogP contribution in [0.25, 0.3) is 11.3 Å². The van der Waals surface area contributed by atoms with Crippen molar-refractivity contribution < 1.29 is 9.47 Å². The van der Waals surface area contributed by atoms with E-state index in [1.54, 1.807) is 6.33 Å². The van der Waals surface area contributed by atoms with E-state index in [4.69, 9.17) is 9.47 Å². The van der Waals surface area contributed by atoms with Crippen molar-refractivity contribution >= 4 is 5.82 Å². The molecule has 0 bridgehead atoms. The summed E-state index contributed by atoms with van der Waals surface area (Å²) in [4.78, 5) is 8.66. The summed E-state index contributed by atoms with van der Waals surface area (Å²) in [6.45, 7) is 6.08. The zero-order valence-electron chi connectivity index (χ0n) is 11.6. The first kappa shape index (κ1) is 12.7. The van der Waals surface area contributed by atoms with E-state index in [0.29, 0.717) is 13.2 Å². The smallest absolute Gasteiger partial charge is 0.162 e. The largest absolute Gasteiger partial charge is 0.486 e. The van der Waals surface area contributed by atoms with Crippen LogP contribution in [0.5, 0.6) is 11.5 Å². The molecular weight excluding hydrogens is 254 g/mol. The van der Waals surface area contributed by atoms with Crippen molar-refractivity contribution in [3.63, 3.8) is 0 Å². The van der Waals surface area contributed by atoms with Gasteiger partial charge in [-0.15, -0.1) is 0 Å². The summed E-state index contributed by atoms with van der Waals surface area (Å²) in [5, 5.41) is 3.24. The molecule has 2 heterocycles. The van der Waals surface area contributed by atoms with Crippen LogP contribution in [0.3, 0.4) is 0 Å². The number of ether oxygens (including phenoxy) is 2. The highest BCUT2D eigenvalue weighted by atomic mass is 16.6. The number of hydrogen-bond donors (Lipinski definition) is 1. The molecule has 0 unspecified atom stereocenters. The Labute approximate surface area is 118 Å². The third-order valence-electron chi connectivity index (χ3n) is 3.24. The SMILES string of the molecule is CCNc1ncnc(-c2ccc3c(c2)OCCO3)c1C. The number of rotatable bonds is 3. The predicted molar refractivity (Wildman–Crippen MR) is 77.4 cm³/mol. The van der Waals surface area contributed by atoms with E-state index < -0.39 is 0 Å². The fourth-order valence-electron chi connectivity index (χ4n) is 2.28. The highest BCUT2D eigenvalue weighted by molar-refractivity contribution is 5.70. The van der Waals surface area contributed by atoms with Crippen molar-refractivity contribution in [1.29, 1.82) is 0 Å². The second-order valence-electron chi connectivity index (χ2n) is 4.58. The van der Waals surface area contributed by atoms with Crippen molar-refractivity contribution in [2.45, 2.75) is 13.8 Å². The topological polar surface area (TPSA) is 56.3 Å². The molecule has 3 rings (SSSR count). The van der Waals surface area contributed by atoms with Crippen molar-refractivity contribution in [3.8, 4) is 22.8 Å². The molecule has 1 aromatic heterocycles. The Morgan fingerprint density at radius 3 is 2.75 bits per heavy atom. The third kappa shape index (κ3) is 2.27. The molecule has 0 aliphatic carbocycles. The van der Waals surface area contributed by atoms with Crippen LogP contribution in [0.4, 0.5) is 5.82 Å². The fourth-order valence-corrected chi connectivity index (χ4v) is 2.28. The van der Waals surface area contributed by atoms with Crippen LogP contribution in [-0.4, -0.2) is 29.7 Å². The van der Waals surface area contributed by atoms with E-state index in [9.17, 15) is 0 Å². The monoisotopic (exact) mass is 271 g/mol. The maximum atomic E-state index is 5.62. The van der Waals surface area contributed by atoms with Crippen LogP contribution in [0.2, 0.25) is 0 Å². The molecule has 0 atom stereocenters. The van der Waals surface area contributed by atoms with Gasteiger partial charge in [-0.1, -0.05) is 0 Å². The van der Waals surface area contributed by atoms with Gasteiger partial charge in [-0.2, -0.15) is 0 Å². The van der Waals surface area contributed by atoms with Gasteiger partial charge in [-0.05, 0) is 32.0 Å². The summed E-state index contributed by atoms with van der Waals surface area (Å²) >= 11 is 0. The maximum absolute atomic E-state index is 5.62. The molecular formula is C15H17N3O2. The molecule has 1 aromatic carbocycles. The lowest BCUT2D eigenvalue weighted by atomic mass is 10.1. The number of aromatic nitrogens is 2. The zero-order chi connectivity index (χ0) is 13.9. The van der Waals surface area contributed by atoms with Gasteiger partial charge in [0.1, 0.15) is 25.4 Å². The summed E-state index contributed by atoms with van der Waals surface area (Å²) in [5.41, 5.74) is 2.95. The van der Waals surface area contributed by atoms with Crippen LogP contribution in [0, 0.1) is 6.92 Å². The Morgan fingerprint density at radius 1 is 1.15 bits per heavy atom. The first-order valence-electron chi connectivity index (χ1n) is 6.75. The maximum Gasteiger partial charge on any atom is 0.162 e. The van der Waals surface area contributed by atoms with Gasteiger partial charge in [-0.3, -0.25) is 0 Å². The highest BCUT2D eigenvalue weighted by Gasteiger charge is 2.15. The quantitative estimate of drug-likeness (QED) is 0.930. The van der Waals surface area contributed by atoms with Crippen LogP contribution in [0.15, 0.2) is 24.5 Å². The summed E-state index contributed by atoms with van der Waals surface area (Å²) in [5.74, 6) is 2.43. The van der Waals surface area contributed by atoms with Crippen LogP contribution >= 0.6 is 0 Å². The Bertz CT molecular complexity index is 629. The number of fused-ring (bicyclic) bond motifs is 1. The number of benzene rings is 1. The molecule has 0 spiro atoms. The van der Waals surface area contributed by atoms with Crippen molar-refractivity contribution in [2.24, 2.45) is 0 Å². The minimum absolute atomic E-state index is 0.585. The normalized spacial score (nSPS) is 13.1. The molecule has 104 valence electrons. The molecule has 0 amide bonds. The fraction of sp³-hybridized carbons (Fsp3) is 0.333. The molecule has 0 saturated carbocycles. The van der Waals surface area contributed by atoms with Gasteiger partial charge in [-0.25, -0.2) is 9.97 Å². The van der Waals surface area contributed by atoms with E-state index in [1.165, 1.54) is 0 Å². The van der Waals surface area contributed by atoms with Crippen molar-refractivity contribution in [3.05, 3.63) is 30.1 Å². The predicted octanol–water partition coefficient (Wildman–Crippen LogP) is 2.66. The standard InChI is InChI=1S/C15H17N3O2/c1-3-16-15-10(2)14(17-9-18-15)11-4-5-12-13(8-11)20-7-6-19-12/h4-5,8-9H,3,6-7H2,1-2H3,(H,16,17,18). The number of nitrogens with zero attached hydrogens (tertiary/aromatic N) is 2. The van der Waals surface area contributed by atoms with E-state index in [1.807, 2.05) is 32.0 Å². The second-order valence-corrected chi connectivity index (χ2v) is 4.58. The Morgan fingerprint density at radius 2 is 1.95 bits per heavy atom. The number of hydrogen-bond acceptors (Lipinski definition) is 5. The van der Waals surface area contributed by atoms with Gasteiger partial charge in [0.05, 0.1) is 5.69 Å². The van der Waals surface area contributed by atoms with Gasteiger partial charge >= 0.3 is 0 Å². The summed E-state index contributed by atoms with van der Waals surface area (Å²) in [6.07, 6.45) is 1.58. The van der Waals surface area contributed by atoms with Gasteiger partial charge < -0.3 is 14.8 Å². The molecule has 0 fully saturated rings. The minimum Gasteiger partial charge on any atom is -0.486 e. The van der Waals surface area contributed by atoms with Crippen LogP contribution in [0.1, 0.15) is 12.5 Å². The number of anilines is 1. The van der Waals surface area contributed by atoms with Gasteiger partial charge in [0.25, 0.3) is 0 Å². The average Bonchev–Trinajstić information content (AvgIpc) is 2.49. The molecule has 5 heteroatoms. The first-order chi connectivity index (χ1) is 9.79. The highest BCUT2D eigenvalue weighted by Crippen LogP contribution is 2.35. The van der Waals surface area contributed by atoms with E-state index in [0.717, 1.165) is 40.7 Å². The molecule has 1 aliphatic rings. The van der Waals surface area contributed by atoms with Gasteiger partial charge in [0.15, 0.2) is 11.5 Å². The Hall–Kier alpha value is -2.30. The molecule has 1 aliphatic heterocycles. The van der Waals surface area contributed by atoms with Gasteiger partial charge in [0.2, 0.25) is 0 Å². The summed E-state index contributed by atoms with van der Waals surface area (Å²) in [7, 11) is 0. The molecule has 1 N–H and O–H groups in total. The molecule has 0 radical (unpaired) electrons. The lowest BCUT2D eigenvalue weighted by Gasteiger charge is -2.19. The van der Waals surface area contributed by atoms with Crippen LogP contribution in [-0.2, 0) is 0 Å². The first-order valence-corrected chi connectivity index (χ1v) is 6.75. The second kappa shape index (κ2) is 5.36. The summed E-state index contributed by atoms with van der Waals surface area (Å²) < 4.78 is 11.2. The molecule has 5 nitrogen and oxygen atoms in total. The molecule has 2 aromatic rings. The van der Waals surface area contributed by atoms with E-state index >= 15 is 0 Å².